The number of aryl methyl sites for hydroxylation is 2. The molecule has 0 aliphatic carbocycles. The van der Waals surface area contributed by atoms with Crippen LogP contribution >= 0.6 is 0 Å². The van der Waals surface area contributed by atoms with Gasteiger partial charge in [0.05, 0.1) is 6.04 Å². The van der Waals surface area contributed by atoms with Gasteiger partial charge < -0.3 is 5.32 Å². The summed E-state index contributed by atoms with van der Waals surface area (Å²) in [6.07, 6.45) is 6.30. The highest BCUT2D eigenvalue weighted by Crippen LogP contribution is 2.18. The van der Waals surface area contributed by atoms with Crippen LogP contribution in [0.4, 0.5) is 0 Å². The SMILES string of the molecule is CC(C)CC(NC(=O)CCn1cccn1)c1ncnn1C. The van der Waals surface area contributed by atoms with Gasteiger partial charge in [0.1, 0.15) is 12.2 Å². The van der Waals surface area contributed by atoms with Gasteiger partial charge in [0, 0.05) is 32.4 Å². The van der Waals surface area contributed by atoms with Gasteiger partial charge in [-0.1, -0.05) is 13.8 Å². The predicted molar refractivity (Wildman–Crippen MR) is 78.2 cm³/mol. The predicted octanol–water partition coefficient (Wildman–Crippen LogP) is 1.31. The van der Waals surface area contributed by atoms with Crippen LogP contribution < -0.4 is 5.32 Å². The molecule has 114 valence electrons. The summed E-state index contributed by atoms with van der Waals surface area (Å²) in [5.74, 6) is 1.24. The first-order valence-corrected chi connectivity index (χ1v) is 7.17. The molecule has 7 nitrogen and oxygen atoms in total. The first kappa shape index (κ1) is 15.2. The number of aromatic nitrogens is 5. The molecular formula is C14H22N6O. The highest BCUT2D eigenvalue weighted by molar-refractivity contribution is 5.76. The first-order valence-electron chi connectivity index (χ1n) is 7.17. The van der Waals surface area contributed by atoms with E-state index in [2.05, 4.69) is 34.3 Å². The number of amides is 1. The first-order chi connectivity index (χ1) is 10.1. The van der Waals surface area contributed by atoms with Crippen molar-refractivity contribution >= 4 is 5.91 Å². The highest BCUT2D eigenvalue weighted by Gasteiger charge is 2.20. The maximum atomic E-state index is 12.1. The molecule has 0 radical (unpaired) electrons. The van der Waals surface area contributed by atoms with Crippen LogP contribution in [-0.4, -0.2) is 30.5 Å². The van der Waals surface area contributed by atoms with Gasteiger partial charge in [-0.2, -0.15) is 10.2 Å². The Morgan fingerprint density at radius 3 is 2.76 bits per heavy atom. The molecule has 2 rings (SSSR count). The Morgan fingerprint density at radius 2 is 2.19 bits per heavy atom. The quantitative estimate of drug-likeness (QED) is 0.834. The summed E-state index contributed by atoms with van der Waals surface area (Å²) in [7, 11) is 1.84. The number of hydrogen-bond acceptors (Lipinski definition) is 4. The Labute approximate surface area is 124 Å². The molecule has 2 aromatic rings. The van der Waals surface area contributed by atoms with Crippen molar-refractivity contribution in [2.24, 2.45) is 13.0 Å². The standard InChI is InChI=1S/C14H22N6O/c1-11(2)9-12(14-15-10-17-19(14)3)18-13(21)5-8-20-7-4-6-16-20/h4,6-7,10-12H,5,8-9H2,1-3H3,(H,18,21). The molecule has 7 heteroatoms. The Balaban J connectivity index is 1.95. The fourth-order valence-electron chi connectivity index (χ4n) is 2.24. The zero-order valence-electron chi connectivity index (χ0n) is 12.7. The average molecular weight is 290 g/mol. The van der Waals surface area contributed by atoms with E-state index in [1.807, 2.05) is 19.3 Å². The third-order valence-electron chi connectivity index (χ3n) is 3.23. The van der Waals surface area contributed by atoms with E-state index in [1.165, 1.54) is 6.33 Å². The lowest BCUT2D eigenvalue weighted by Gasteiger charge is -2.19. The van der Waals surface area contributed by atoms with E-state index in [0.29, 0.717) is 18.9 Å². The highest BCUT2D eigenvalue weighted by atomic mass is 16.1. The molecule has 2 heterocycles. The van der Waals surface area contributed by atoms with Gasteiger partial charge in [-0.25, -0.2) is 4.98 Å². The Hall–Kier alpha value is -2.18. The number of carbonyl (C=O) groups excluding carboxylic acids is 1. The van der Waals surface area contributed by atoms with Gasteiger partial charge in [-0.05, 0) is 18.4 Å². The molecule has 1 atom stereocenters. The Bertz CT molecular complexity index is 560. The van der Waals surface area contributed by atoms with E-state index in [-0.39, 0.29) is 11.9 Å². The van der Waals surface area contributed by atoms with Crippen molar-refractivity contribution in [2.75, 3.05) is 0 Å². The minimum absolute atomic E-state index is 0.000787. The Kier molecular flexibility index (Phi) is 5.08. The maximum absolute atomic E-state index is 12.1. The van der Waals surface area contributed by atoms with Gasteiger partial charge in [-0.3, -0.25) is 14.2 Å². The van der Waals surface area contributed by atoms with Crippen LogP contribution in [0.1, 0.15) is 38.6 Å². The molecule has 1 amide bonds. The van der Waals surface area contributed by atoms with Crippen molar-refractivity contribution < 1.29 is 4.79 Å². The lowest BCUT2D eigenvalue weighted by atomic mass is 10.0. The monoisotopic (exact) mass is 290 g/mol. The zero-order chi connectivity index (χ0) is 15.2. The topological polar surface area (TPSA) is 77.6 Å². The second-order valence-corrected chi connectivity index (χ2v) is 5.51. The van der Waals surface area contributed by atoms with Gasteiger partial charge in [0.2, 0.25) is 5.91 Å². The van der Waals surface area contributed by atoms with Gasteiger partial charge in [0.15, 0.2) is 0 Å². The summed E-state index contributed by atoms with van der Waals surface area (Å²) in [6, 6.07) is 1.74. The summed E-state index contributed by atoms with van der Waals surface area (Å²) in [5, 5.41) is 11.2. The molecule has 0 aliphatic rings. The van der Waals surface area contributed by atoms with Crippen molar-refractivity contribution in [3.05, 3.63) is 30.6 Å². The van der Waals surface area contributed by atoms with E-state index in [1.54, 1.807) is 15.6 Å². The van der Waals surface area contributed by atoms with Crippen molar-refractivity contribution in [1.82, 2.24) is 29.9 Å². The van der Waals surface area contributed by atoms with E-state index in [4.69, 9.17) is 0 Å². The number of nitrogens with zero attached hydrogens (tertiary/aromatic N) is 5. The van der Waals surface area contributed by atoms with Crippen LogP contribution in [0.25, 0.3) is 0 Å². The molecule has 0 spiro atoms. The van der Waals surface area contributed by atoms with Crippen LogP contribution in [-0.2, 0) is 18.4 Å². The van der Waals surface area contributed by atoms with Crippen molar-refractivity contribution in [3.63, 3.8) is 0 Å². The summed E-state index contributed by atoms with van der Waals surface area (Å²) in [4.78, 5) is 16.4. The molecule has 0 aromatic carbocycles. The molecule has 2 aromatic heterocycles. The second-order valence-electron chi connectivity index (χ2n) is 5.51. The molecule has 0 fully saturated rings. The van der Waals surface area contributed by atoms with Crippen LogP contribution in [0.5, 0.6) is 0 Å². The number of nitrogens with one attached hydrogen (secondary N) is 1. The van der Waals surface area contributed by atoms with Crippen molar-refractivity contribution in [3.8, 4) is 0 Å². The zero-order valence-corrected chi connectivity index (χ0v) is 12.7. The number of hydrogen-bond donors (Lipinski definition) is 1. The summed E-state index contributed by atoms with van der Waals surface area (Å²) < 4.78 is 3.46. The van der Waals surface area contributed by atoms with Crippen LogP contribution in [0, 0.1) is 5.92 Å². The maximum Gasteiger partial charge on any atom is 0.222 e. The lowest BCUT2D eigenvalue weighted by Crippen LogP contribution is -2.32. The number of rotatable bonds is 7. The van der Waals surface area contributed by atoms with E-state index in [9.17, 15) is 4.79 Å². The molecule has 0 bridgehead atoms. The third kappa shape index (κ3) is 4.40. The van der Waals surface area contributed by atoms with E-state index in [0.717, 1.165) is 12.2 Å². The van der Waals surface area contributed by atoms with Gasteiger partial charge >= 0.3 is 0 Å². The van der Waals surface area contributed by atoms with Crippen LogP contribution in [0.3, 0.4) is 0 Å². The van der Waals surface area contributed by atoms with E-state index < -0.39 is 0 Å². The largest absolute Gasteiger partial charge is 0.346 e. The molecule has 0 saturated heterocycles. The minimum atomic E-state index is -0.109. The fraction of sp³-hybridized carbons (Fsp3) is 0.571. The third-order valence-corrected chi connectivity index (χ3v) is 3.23. The van der Waals surface area contributed by atoms with Gasteiger partial charge in [0.25, 0.3) is 0 Å². The summed E-state index contributed by atoms with van der Waals surface area (Å²) in [5.41, 5.74) is 0. The lowest BCUT2D eigenvalue weighted by molar-refractivity contribution is -0.122. The van der Waals surface area contributed by atoms with Crippen molar-refractivity contribution in [1.29, 1.82) is 0 Å². The molecule has 0 aliphatic heterocycles. The minimum Gasteiger partial charge on any atom is -0.346 e. The van der Waals surface area contributed by atoms with Crippen LogP contribution in [0.15, 0.2) is 24.8 Å². The molecule has 0 saturated carbocycles. The summed E-state index contributed by atoms with van der Waals surface area (Å²) in [6.45, 7) is 4.82. The van der Waals surface area contributed by atoms with Crippen LogP contribution in [0.2, 0.25) is 0 Å². The van der Waals surface area contributed by atoms with E-state index >= 15 is 0 Å². The summed E-state index contributed by atoms with van der Waals surface area (Å²) >= 11 is 0. The molecule has 1 unspecified atom stereocenters. The smallest absolute Gasteiger partial charge is 0.222 e. The second kappa shape index (κ2) is 7.01. The molecule has 21 heavy (non-hydrogen) atoms. The Morgan fingerprint density at radius 1 is 1.38 bits per heavy atom. The molecule has 1 N–H and O–H groups in total. The molecular weight excluding hydrogens is 268 g/mol. The number of carbonyl (C=O) groups is 1. The normalized spacial score (nSPS) is 12.6. The van der Waals surface area contributed by atoms with Crippen molar-refractivity contribution in [2.45, 2.75) is 39.3 Å². The van der Waals surface area contributed by atoms with Gasteiger partial charge in [-0.15, -0.1) is 0 Å². The average Bonchev–Trinajstić information content (AvgIpc) is 3.06. The fourth-order valence-corrected chi connectivity index (χ4v) is 2.24.